The summed E-state index contributed by atoms with van der Waals surface area (Å²) < 4.78 is 8.70. The smallest absolute Gasteiger partial charge is 0.136 e. The summed E-state index contributed by atoms with van der Waals surface area (Å²) in [5, 5.41) is 4.74. The van der Waals surface area contributed by atoms with Crippen LogP contribution in [0.3, 0.4) is 0 Å². The zero-order chi connectivity index (χ0) is 37.7. The Morgan fingerprint density at radius 1 is 0.333 bits per heavy atom. The standard InChI is InChI=1S/C54H36N2O/c1-2-15-37(16-3-1)44-21-4-5-22-45(44)38-31-33-40(34-32-38)55(41-18-12-17-39(35-41)46-26-14-30-53-54(46)49-25-8-11-29-52(49)57-53)42-19-13-20-43(36-42)56-50-27-9-6-23-47(50)48-24-7-10-28-51(48)56/h1-36H. The predicted molar refractivity (Wildman–Crippen MR) is 239 cm³/mol. The number of nitrogens with zero attached hydrogens (tertiary/aromatic N) is 2. The van der Waals surface area contributed by atoms with E-state index in [-0.39, 0.29) is 0 Å². The SMILES string of the molecule is c1ccc(-c2ccccc2-c2ccc(N(c3cccc(-c4cccc5oc6ccccc6c45)c3)c3cccc(-n4c5ccccc5c5ccccc54)c3)cc2)cc1. The number of benzene rings is 9. The topological polar surface area (TPSA) is 21.3 Å². The van der Waals surface area contributed by atoms with E-state index in [0.717, 1.165) is 55.8 Å². The van der Waals surface area contributed by atoms with Gasteiger partial charge in [-0.2, -0.15) is 0 Å². The van der Waals surface area contributed by atoms with Gasteiger partial charge in [-0.05, 0) is 100 Å². The molecule has 0 aliphatic heterocycles. The highest BCUT2D eigenvalue weighted by Gasteiger charge is 2.19. The van der Waals surface area contributed by atoms with Crippen molar-refractivity contribution in [1.29, 1.82) is 0 Å². The van der Waals surface area contributed by atoms with Crippen LogP contribution in [0, 0.1) is 0 Å². The minimum absolute atomic E-state index is 0.890. The molecule has 2 heterocycles. The van der Waals surface area contributed by atoms with Crippen molar-refractivity contribution in [3.05, 3.63) is 218 Å². The van der Waals surface area contributed by atoms with Gasteiger partial charge in [-0.1, -0.05) is 152 Å². The molecule has 0 N–H and O–H groups in total. The Labute approximate surface area is 330 Å². The van der Waals surface area contributed by atoms with E-state index in [0.29, 0.717) is 0 Å². The molecule has 0 spiro atoms. The molecule has 57 heavy (non-hydrogen) atoms. The molecule has 268 valence electrons. The van der Waals surface area contributed by atoms with E-state index in [2.05, 4.69) is 216 Å². The molecular formula is C54H36N2O. The molecule has 11 rings (SSSR count). The van der Waals surface area contributed by atoms with Crippen LogP contribution in [0.25, 0.3) is 82.8 Å². The molecule has 0 amide bonds. The van der Waals surface area contributed by atoms with Crippen molar-refractivity contribution in [1.82, 2.24) is 4.57 Å². The summed E-state index contributed by atoms with van der Waals surface area (Å²) in [4.78, 5) is 2.38. The Balaban J connectivity index is 1.09. The number of aromatic nitrogens is 1. The third-order valence-electron chi connectivity index (χ3n) is 11.2. The van der Waals surface area contributed by atoms with Crippen molar-refractivity contribution in [3.63, 3.8) is 0 Å². The number of furan rings is 1. The fourth-order valence-electron chi connectivity index (χ4n) is 8.64. The van der Waals surface area contributed by atoms with E-state index >= 15 is 0 Å². The molecule has 3 nitrogen and oxygen atoms in total. The number of rotatable bonds is 7. The first-order valence-electron chi connectivity index (χ1n) is 19.4. The minimum atomic E-state index is 0.890. The Bertz CT molecular complexity index is 3190. The first-order valence-corrected chi connectivity index (χ1v) is 19.4. The maximum Gasteiger partial charge on any atom is 0.136 e. The summed E-state index contributed by atoms with van der Waals surface area (Å²) in [6.45, 7) is 0. The monoisotopic (exact) mass is 728 g/mol. The van der Waals surface area contributed by atoms with Gasteiger partial charge in [-0.25, -0.2) is 0 Å². The number of anilines is 3. The lowest BCUT2D eigenvalue weighted by Crippen LogP contribution is -2.10. The van der Waals surface area contributed by atoms with E-state index in [1.807, 2.05) is 12.1 Å². The number of hydrogen-bond acceptors (Lipinski definition) is 2. The largest absolute Gasteiger partial charge is 0.456 e. The zero-order valence-electron chi connectivity index (χ0n) is 31.1. The molecule has 0 atom stereocenters. The fraction of sp³-hybridized carbons (Fsp3) is 0. The van der Waals surface area contributed by atoms with E-state index in [4.69, 9.17) is 4.42 Å². The Morgan fingerprint density at radius 2 is 0.860 bits per heavy atom. The molecule has 0 aliphatic carbocycles. The second kappa shape index (κ2) is 13.6. The first-order chi connectivity index (χ1) is 28.3. The van der Waals surface area contributed by atoms with Crippen LogP contribution in [0.15, 0.2) is 223 Å². The van der Waals surface area contributed by atoms with Gasteiger partial charge in [0.05, 0.1) is 11.0 Å². The van der Waals surface area contributed by atoms with E-state index in [1.165, 1.54) is 44.1 Å². The van der Waals surface area contributed by atoms with Crippen molar-refractivity contribution in [2.45, 2.75) is 0 Å². The van der Waals surface area contributed by atoms with Crippen LogP contribution in [0.2, 0.25) is 0 Å². The van der Waals surface area contributed by atoms with Gasteiger partial charge in [0.1, 0.15) is 11.2 Å². The van der Waals surface area contributed by atoms with Gasteiger partial charge in [-0.15, -0.1) is 0 Å². The van der Waals surface area contributed by atoms with Gasteiger partial charge in [-0.3, -0.25) is 0 Å². The number of para-hydroxylation sites is 3. The van der Waals surface area contributed by atoms with Gasteiger partial charge in [0.15, 0.2) is 0 Å². The molecule has 0 radical (unpaired) electrons. The molecular weight excluding hydrogens is 693 g/mol. The van der Waals surface area contributed by atoms with Crippen molar-refractivity contribution in [2.24, 2.45) is 0 Å². The van der Waals surface area contributed by atoms with Crippen molar-refractivity contribution >= 4 is 60.8 Å². The maximum absolute atomic E-state index is 6.31. The normalized spacial score (nSPS) is 11.5. The molecule has 2 aromatic heterocycles. The molecule has 0 saturated carbocycles. The summed E-state index contributed by atoms with van der Waals surface area (Å²) in [6.07, 6.45) is 0. The van der Waals surface area contributed by atoms with Crippen LogP contribution >= 0.6 is 0 Å². The van der Waals surface area contributed by atoms with E-state index < -0.39 is 0 Å². The van der Waals surface area contributed by atoms with Gasteiger partial charge < -0.3 is 13.9 Å². The second-order valence-electron chi connectivity index (χ2n) is 14.5. The molecule has 0 bridgehead atoms. The second-order valence-corrected chi connectivity index (χ2v) is 14.5. The highest BCUT2D eigenvalue weighted by atomic mass is 16.3. The van der Waals surface area contributed by atoms with Gasteiger partial charge in [0, 0.05) is 44.3 Å². The van der Waals surface area contributed by atoms with Crippen molar-refractivity contribution in [3.8, 4) is 39.1 Å². The molecule has 0 fully saturated rings. The third kappa shape index (κ3) is 5.60. The van der Waals surface area contributed by atoms with Gasteiger partial charge in [0.25, 0.3) is 0 Å². The van der Waals surface area contributed by atoms with Crippen LogP contribution < -0.4 is 4.90 Å². The Hall–Kier alpha value is -7.62. The average Bonchev–Trinajstić information content (AvgIpc) is 3.84. The molecule has 0 aliphatic rings. The zero-order valence-corrected chi connectivity index (χ0v) is 31.1. The predicted octanol–water partition coefficient (Wildman–Crippen LogP) is 15.2. The first kappa shape index (κ1) is 32.8. The molecule has 9 aromatic carbocycles. The van der Waals surface area contributed by atoms with Gasteiger partial charge in [0.2, 0.25) is 0 Å². The average molecular weight is 729 g/mol. The van der Waals surface area contributed by atoms with Crippen LogP contribution in [-0.4, -0.2) is 4.57 Å². The number of fused-ring (bicyclic) bond motifs is 6. The highest BCUT2D eigenvalue weighted by molar-refractivity contribution is 6.13. The lowest BCUT2D eigenvalue weighted by molar-refractivity contribution is 0.669. The molecule has 0 unspecified atom stereocenters. The summed E-state index contributed by atoms with van der Waals surface area (Å²) in [6, 6.07) is 78.1. The molecule has 0 saturated heterocycles. The Morgan fingerprint density at radius 3 is 1.60 bits per heavy atom. The van der Waals surface area contributed by atoms with Crippen LogP contribution in [-0.2, 0) is 0 Å². The van der Waals surface area contributed by atoms with Crippen molar-refractivity contribution in [2.75, 3.05) is 4.90 Å². The Kier molecular flexibility index (Phi) is 7.82. The molecule has 3 heteroatoms. The summed E-state index contributed by atoms with van der Waals surface area (Å²) >= 11 is 0. The molecule has 11 aromatic rings. The quantitative estimate of drug-likeness (QED) is 0.163. The highest BCUT2D eigenvalue weighted by Crippen LogP contribution is 2.42. The van der Waals surface area contributed by atoms with Crippen molar-refractivity contribution < 1.29 is 4.42 Å². The van der Waals surface area contributed by atoms with Gasteiger partial charge >= 0.3 is 0 Å². The summed E-state index contributed by atoms with van der Waals surface area (Å²) in [5.41, 5.74) is 15.5. The fourth-order valence-corrected chi connectivity index (χ4v) is 8.64. The number of hydrogen-bond donors (Lipinski definition) is 0. The third-order valence-corrected chi connectivity index (χ3v) is 11.2. The summed E-state index contributed by atoms with van der Waals surface area (Å²) in [5.74, 6) is 0. The van der Waals surface area contributed by atoms with E-state index in [9.17, 15) is 0 Å². The maximum atomic E-state index is 6.31. The van der Waals surface area contributed by atoms with E-state index in [1.54, 1.807) is 0 Å². The minimum Gasteiger partial charge on any atom is -0.456 e. The lowest BCUT2D eigenvalue weighted by Gasteiger charge is -2.27. The summed E-state index contributed by atoms with van der Waals surface area (Å²) in [7, 11) is 0. The van der Waals surface area contributed by atoms with Crippen LogP contribution in [0.1, 0.15) is 0 Å². The van der Waals surface area contributed by atoms with Crippen LogP contribution in [0.5, 0.6) is 0 Å². The van der Waals surface area contributed by atoms with Crippen LogP contribution in [0.4, 0.5) is 17.1 Å². The lowest BCUT2D eigenvalue weighted by atomic mass is 9.94.